The lowest BCUT2D eigenvalue weighted by Gasteiger charge is -2.20. The minimum atomic E-state index is -1.12. The van der Waals surface area contributed by atoms with Crippen LogP contribution < -0.4 is 10.6 Å². The van der Waals surface area contributed by atoms with Gasteiger partial charge in [-0.1, -0.05) is 11.6 Å². The molecule has 0 radical (unpaired) electrons. The minimum absolute atomic E-state index is 0.0303. The van der Waals surface area contributed by atoms with E-state index >= 15 is 0 Å². The number of carbonyl (C=O) groups excluding carboxylic acids is 1. The number of anilines is 1. The van der Waals surface area contributed by atoms with Crippen LogP contribution in [0.3, 0.4) is 0 Å². The lowest BCUT2D eigenvalue weighted by Crippen LogP contribution is -2.37. The fourth-order valence-corrected chi connectivity index (χ4v) is 1.74. The standard InChI is InChI=1S/C14H19ClN2O3/c1-14(2,3)16-7-6-12(18)17-9-4-5-11(15)10(8-9)13(19)20/h4-5,8,16H,6-7H2,1-3H3,(H,17,18)(H,19,20). The van der Waals surface area contributed by atoms with E-state index in [4.69, 9.17) is 16.7 Å². The number of benzene rings is 1. The molecule has 0 bridgehead atoms. The molecule has 5 nitrogen and oxygen atoms in total. The summed E-state index contributed by atoms with van der Waals surface area (Å²) in [6, 6.07) is 4.37. The second-order valence-electron chi connectivity index (χ2n) is 5.47. The van der Waals surface area contributed by atoms with Crippen LogP contribution in [0.2, 0.25) is 5.02 Å². The summed E-state index contributed by atoms with van der Waals surface area (Å²) in [7, 11) is 0. The number of halogens is 1. The third kappa shape index (κ3) is 5.59. The van der Waals surface area contributed by atoms with E-state index in [1.807, 2.05) is 20.8 Å². The van der Waals surface area contributed by atoms with Crippen LogP contribution in [0.15, 0.2) is 18.2 Å². The third-order valence-electron chi connectivity index (χ3n) is 2.49. The van der Waals surface area contributed by atoms with E-state index < -0.39 is 5.97 Å². The summed E-state index contributed by atoms with van der Waals surface area (Å²) in [5, 5.41) is 14.9. The molecule has 0 spiro atoms. The Balaban J connectivity index is 2.58. The lowest BCUT2D eigenvalue weighted by atomic mass is 10.1. The molecule has 0 aliphatic heterocycles. The van der Waals surface area contributed by atoms with Crippen molar-refractivity contribution in [2.24, 2.45) is 0 Å². The SMILES string of the molecule is CC(C)(C)NCCC(=O)Nc1ccc(Cl)c(C(=O)O)c1. The second-order valence-corrected chi connectivity index (χ2v) is 5.88. The summed E-state index contributed by atoms with van der Waals surface area (Å²) in [6.45, 7) is 6.60. The molecule has 1 aromatic carbocycles. The van der Waals surface area contributed by atoms with E-state index in [0.29, 0.717) is 18.7 Å². The molecule has 1 aromatic rings. The molecule has 0 saturated carbocycles. The Morgan fingerprint density at radius 2 is 1.95 bits per heavy atom. The molecule has 0 atom stereocenters. The van der Waals surface area contributed by atoms with Crippen molar-refractivity contribution in [2.45, 2.75) is 32.7 Å². The van der Waals surface area contributed by atoms with Gasteiger partial charge in [0.05, 0.1) is 10.6 Å². The van der Waals surface area contributed by atoms with Gasteiger partial charge in [-0.25, -0.2) is 4.79 Å². The first-order valence-electron chi connectivity index (χ1n) is 6.27. The maximum Gasteiger partial charge on any atom is 0.337 e. The Kier molecular flexibility index (Phi) is 5.53. The molecule has 0 unspecified atom stereocenters. The Morgan fingerprint density at radius 1 is 1.30 bits per heavy atom. The van der Waals surface area contributed by atoms with Crippen LogP contribution in [0.4, 0.5) is 5.69 Å². The van der Waals surface area contributed by atoms with E-state index in [2.05, 4.69) is 10.6 Å². The molecule has 0 fully saturated rings. The van der Waals surface area contributed by atoms with Gasteiger partial charge < -0.3 is 15.7 Å². The summed E-state index contributed by atoms with van der Waals surface area (Å²) in [4.78, 5) is 22.7. The number of amides is 1. The number of carboxylic acids is 1. The van der Waals surface area contributed by atoms with Crippen molar-refractivity contribution in [3.05, 3.63) is 28.8 Å². The van der Waals surface area contributed by atoms with Crippen LogP contribution in [0.1, 0.15) is 37.6 Å². The van der Waals surface area contributed by atoms with Crippen LogP contribution >= 0.6 is 11.6 Å². The van der Waals surface area contributed by atoms with Crippen LogP contribution in [0.25, 0.3) is 0 Å². The van der Waals surface area contributed by atoms with E-state index in [1.165, 1.54) is 12.1 Å². The van der Waals surface area contributed by atoms with E-state index in [0.717, 1.165) is 0 Å². The zero-order chi connectivity index (χ0) is 15.3. The van der Waals surface area contributed by atoms with Crippen molar-refractivity contribution < 1.29 is 14.7 Å². The summed E-state index contributed by atoms with van der Waals surface area (Å²) in [5.41, 5.74) is 0.349. The average molecular weight is 299 g/mol. The summed E-state index contributed by atoms with van der Waals surface area (Å²) in [5.74, 6) is -1.30. The molecular weight excluding hydrogens is 280 g/mol. The van der Waals surface area contributed by atoms with Gasteiger partial charge in [0.15, 0.2) is 0 Å². The quantitative estimate of drug-likeness (QED) is 0.781. The first-order valence-corrected chi connectivity index (χ1v) is 6.64. The zero-order valence-electron chi connectivity index (χ0n) is 11.8. The van der Waals surface area contributed by atoms with Crippen molar-refractivity contribution in [2.75, 3.05) is 11.9 Å². The van der Waals surface area contributed by atoms with Gasteiger partial charge in [0.1, 0.15) is 0 Å². The van der Waals surface area contributed by atoms with E-state index in [9.17, 15) is 9.59 Å². The molecule has 0 aromatic heterocycles. The summed E-state index contributed by atoms with van der Waals surface area (Å²) >= 11 is 5.76. The fraction of sp³-hybridized carbons (Fsp3) is 0.429. The Labute approximate surface area is 123 Å². The number of carboxylic acid groups (broad SMARTS) is 1. The molecule has 0 saturated heterocycles. The maximum absolute atomic E-state index is 11.7. The van der Waals surface area contributed by atoms with Crippen molar-refractivity contribution in [1.29, 1.82) is 0 Å². The molecule has 1 rings (SSSR count). The number of nitrogens with one attached hydrogen (secondary N) is 2. The highest BCUT2D eigenvalue weighted by Crippen LogP contribution is 2.20. The molecule has 1 amide bonds. The molecule has 0 heterocycles. The predicted octanol–water partition coefficient (Wildman–Crippen LogP) is 2.75. The second kappa shape index (κ2) is 6.72. The van der Waals surface area contributed by atoms with Gasteiger partial charge in [-0.2, -0.15) is 0 Å². The van der Waals surface area contributed by atoms with Crippen LogP contribution in [-0.4, -0.2) is 29.1 Å². The van der Waals surface area contributed by atoms with Gasteiger partial charge in [-0.15, -0.1) is 0 Å². The highest BCUT2D eigenvalue weighted by Gasteiger charge is 2.12. The van der Waals surface area contributed by atoms with Crippen molar-refractivity contribution in [3.8, 4) is 0 Å². The van der Waals surface area contributed by atoms with Crippen LogP contribution in [-0.2, 0) is 4.79 Å². The molecule has 20 heavy (non-hydrogen) atoms. The number of carbonyl (C=O) groups is 2. The van der Waals surface area contributed by atoms with Gasteiger partial charge in [0, 0.05) is 24.2 Å². The van der Waals surface area contributed by atoms with Crippen LogP contribution in [0, 0.1) is 0 Å². The van der Waals surface area contributed by atoms with E-state index in [-0.39, 0.29) is 22.0 Å². The first kappa shape index (κ1) is 16.5. The summed E-state index contributed by atoms with van der Waals surface area (Å²) < 4.78 is 0. The topological polar surface area (TPSA) is 78.4 Å². The maximum atomic E-state index is 11.7. The van der Waals surface area contributed by atoms with Crippen molar-refractivity contribution in [3.63, 3.8) is 0 Å². The lowest BCUT2D eigenvalue weighted by molar-refractivity contribution is -0.116. The van der Waals surface area contributed by atoms with Gasteiger partial charge in [0.25, 0.3) is 0 Å². The number of hydrogen-bond donors (Lipinski definition) is 3. The molecule has 0 aliphatic rings. The minimum Gasteiger partial charge on any atom is -0.478 e. The van der Waals surface area contributed by atoms with Gasteiger partial charge >= 0.3 is 5.97 Å². The molecule has 3 N–H and O–H groups in total. The van der Waals surface area contributed by atoms with E-state index in [1.54, 1.807) is 6.07 Å². The van der Waals surface area contributed by atoms with Crippen molar-refractivity contribution in [1.82, 2.24) is 5.32 Å². The Bertz CT molecular complexity index is 510. The Morgan fingerprint density at radius 3 is 2.50 bits per heavy atom. The molecular formula is C14H19ClN2O3. The highest BCUT2D eigenvalue weighted by atomic mass is 35.5. The molecule has 0 aliphatic carbocycles. The Hall–Kier alpha value is -1.59. The molecule has 6 heteroatoms. The largest absolute Gasteiger partial charge is 0.478 e. The number of aromatic carboxylic acids is 1. The highest BCUT2D eigenvalue weighted by molar-refractivity contribution is 6.33. The zero-order valence-corrected chi connectivity index (χ0v) is 12.5. The monoisotopic (exact) mass is 298 g/mol. The average Bonchev–Trinajstić information content (AvgIpc) is 2.29. The third-order valence-corrected chi connectivity index (χ3v) is 2.82. The van der Waals surface area contributed by atoms with Gasteiger partial charge in [0.2, 0.25) is 5.91 Å². The van der Waals surface area contributed by atoms with Crippen LogP contribution in [0.5, 0.6) is 0 Å². The smallest absolute Gasteiger partial charge is 0.337 e. The fourth-order valence-electron chi connectivity index (χ4n) is 1.54. The first-order chi connectivity index (χ1) is 9.19. The molecule has 110 valence electrons. The normalized spacial score (nSPS) is 11.2. The summed E-state index contributed by atoms with van der Waals surface area (Å²) in [6.07, 6.45) is 0.308. The van der Waals surface area contributed by atoms with Gasteiger partial charge in [-0.05, 0) is 39.0 Å². The van der Waals surface area contributed by atoms with Gasteiger partial charge in [-0.3, -0.25) is 4.79 Å². The van der Waals surface area contributed by atoms with Crippen molar-refractivity contribution >= 4 is 29.2 Å². The number of hydrogen-bond acceptors (Lipinski definition) is 3. The predicted molar refractivity (Wildman–Crippen MR) is 79.4 cm³/mol. The number of rotatable bonds is 5.